The van der Waals surface area contributed by atoms with E-state index in [1.807, 2.05) is 0 Å². The molecule has 1 saturated heterocycles. The average molecular weight is 354 g/mol. The highest BCUT2D eigenvalue weighted by atomic mass is 16.2. The van der Waals surface area contributed by atoms with E-state index in [0.29, 0.717) is 10.5 Å². The molecule has 1 N–H and O–H groups in total. The van der Waals surface area contributed by atoms with Crippen LogP contribution in [0.3, 0.4) is 0 Å². The first-order valence-corrected chi connectivity index (χ1v) is 8.29. The molecule has 1 aromatic rings. The number of rotatable bonds is 6. The number of nitriles is 1. The minimum absolute atomic E-state index is 0.0413. The van der Waals surface area contributed by atoms with Gasteiger partial charge in [-0.25, -0.2) is 9.69 Å². The molecule has 1 atom stereocenters. The number of nitrogens with zero attached hydrogens (tertiary/aromatic N) is 3. The molecule has 2 fully saturated rings. The largest absolute Gasteiger partial charge is 0.336 e. The van der Waals surface area contributed by atoms with Crippen molar-refractivity contribution in [3.05, 3.63) is 35.9 Å². The quantitative estimate of drug-likeness (QED) is 0.600. The van der Waals surface area contributed by atoms with Gasteiger partial charge in [0.2, 0.25) is 5.91 Å². The van der Waals surface area contributed by atoms with Crippen molar-refractivity contribution in [2.24, 2.45) is 5.92 Å². The van der Waals surface area contributed by atoms with Crippen LogP contribution in [0.25, 0.3) is 0 Å². The van der Waals surface area contributed by atoms with Gasteiger partial charge in [0.25, 0.3) is 0 Å². The molecule has 2 aliphatic rings. The van der Waals surface area contributed by atoms with E-state index in [2.05, 4.69) is 11.4 Å². The first-order chi connectivity index (χ1) is 12.4. The summed E-state index contributed by atoms with van der Waals surface area (Å²) < 4.78 is 0. The molecule has 0 bridgehead atoms. The molecule has 3 rings (SSSR count). The summed E-state index contributed by atoms with van der Waals surface area (Å²) in [5.41, 5.74) is -0.338. The molecule has 8 heteroatoms. The van der Waals surface area contributed by atoms with Crippen molar-refractivity contribution < 1.29 is 19.2 Å². The van der Waals surface area contributed by atoms with E-state index in [1.54, 1.807) is 37.3 Å². The van der Waals surface area contributed by atoms with Gasteiger partial charge in [0.1, 0.15) is 12.1 Å². The van der Waals surface area contributed by atoms with Crippen LogP contribution >= 0.6 is 0 Å². The molecule has 134 valence electrons. The number of imide groups is 2. The summed E-state index contributed by atoms with van der Waals surface area (Å²) in [4.78, 5) is 50.3. The number of urea groups is 1. The van der Waals surface area contributed by atoms with Crippen LogP contribution in [0, 0.1) is 17.2 Å². The standard InChI is InChI=1S/C18H18N4O4/c1-18(11-19,13-7-8-13)20-14(23)10-22-16(25)15(24)21(17(22)26)9-12-5-3-2-4-6-12/h2-6,13H,7-10H2,1H3,(H,20,23)/t18-/m0/s1. The summed E-state index contributed by atoms with van der Waals surface area (Å²) in [6, 6.07) is 10.0. The predicted molar refractivity (Wildman–Crippen MR) is 89.0 cm³/mol. The first kappa shape index (κ1) is 17.6. The summed E-state index contributed by atoms with van der Waals surface area (Å²) in [6.07, 6.45) is 1.69. The Hall–Kier alpha value is -3.21. The highest BCUT2D eigenvalue weighted by Crippen LogP contribution is 2.39. The van der Waals surface area contributed by atoms with Gasteiger partial charge >= 0.3 is 17.8 Å². The molecule has 0 spiro atoms. The van der Waals surface area contributed by atoms with E-state index in [4.69, 9.17) is 0 Å². The molecule has 0 unspecified atom stereocenters. The van der Waals surface area contributed by atoms with Gasteiger partial charge in [-0.1, -0.05) is 30.3 Å². The molecule has 1 saturated carbocycles. The number of carbonyl (C=O) groups excluding carboxylic acids is 4. The second-order valence-electron chi connectivity index (χ2n) is 6.69. The zero-order valence-corrected chi connectivity index (χ0v) is 14.3. The minimum Gasteiger partial charge on any atom is -0.336 e. The third-order valence-corrected chi connectivity index (χ3v) is 4.65. The Bertz CT molecular complexity index is 812. The van der Waals surface area contributed by atoms with Crippen LogP contribution in [0.2, 0.25) is 0 Å². The van der Waals surface area contributed by atoms with Crippen molar-refractivity contribution in [2.75, 3.05) is 6.54 Å². The molecular formula is C18H18N4O4. The monoisotopic (exact) mass is 354 g/mol. The van der Waals surface area contributed by atoms with Crippen molar-refractivity contribution in [3.8, 4) is 6.07 Å². The van der Waals surface area contributed by atoms with E-state index in [0.717, 1.165) is 17.7 Å². The van der Waals surface area contributed by atoms with Crippen molar-refractivity contribution in [1.29, 1.82) is 5.26 Å². The summed E-state index contributed by atoms with van der Waals surface area (Å²) in [7, 11) is 0. The van der Waals surface area contributed by atoms with Crippen molar-refractivity contribution in [1.82, 2.24) is 15.1 Å². The van der Waals surface area contributed by atoms with E-state index in [9.17, 15) is 24.4 Å². The van der Waals surface area contributed by atoms with Crippen LogP contribution < -0.4 is 5.32 Å². The molecule has 1 heterocycles. The second kappa shape index (κ2) is 6.59. The first-order valence-electron chi connectivity index (χ1n) is 8.29. The van der Waals surface area contributed by atoms with Gasteiger partial charge in [-0.2, -0.15) is 5.26 Å². The SMILES string of the molecule is C[C@@](C#N)(NC(=O)CN1C(=O)C(=O)N(Cc2ccccc2)C1=O)C1CC1. The zero-order valence-electron chi connectivity index (χ0n) is 14.3. The summed E-state index contributed by atoms with van der Waals surface area (Å²) in [5, 5.41) is 11.9. The third-order valence-electron chi connectivity index (χ3n) is 4.65. The molecule has 1 aliphatic heterocycles. The predicted octanol–water partition coefficient (Wildman–Crippen LogP) is 0.786. The summed E-state index contributed by atoms with van der Waals surface area (Å²) in [6.45, 7) is 0.988. The molecule has 26 heavy (non-hydrogen) atoms. The van der Waals surface area contributed by atoms with E-state index >= 15 is 0 Å². The second-order valence-corrected chi connectivity index (χ2v) is 6.69. The van der Waals surface area contributed by atoms with Gasteiger partial charge in [-0.3, -0.25) is 19.3 Å². The maximum absolute atomic E-state index is 12.4. The Balaban J connectivity index is 1.67. The minimum atomic E-state index is -1.04. The van der Waals surface area contributed by atoms with E-state index < -0.39 is 35.8 Å². The summed E-state index contributed by atoms with van der Waals surface area (Å²) >= 11 is 0. The number of benzene rings is 1. The molecule has 5 amide bonds. The number of carbonyl (C=O) groups is 4. The van der Waals surface area contributed by atoms with Crippen molar-refractivity contribution in [3.63, 3.8) is 0 Å². The smallest absolute Gasteiger partial charge is 0.335 e. The van der Waals surface area contributed by atoms with Crippen LogP contribution in [0.4, 0.5) is 4.79 Å². The van der Waals surface area contributed by atoms with Gasteiger partial charge in [-0.15, -0.1) is 0 Å². The fourth-order valence-electron chi connectivity index (χ4n) is 2.95. The van der Waals surface area contributed by atoms with Gasteiger partial charge in [0, 0.05) is 0 Å². The molecule has 0 aromatic heterocycles. The lowest BCUT2D eigenvalue weighted by atomic mass is 9.98. The Morgan fingerprint density at radius 1 is 1.19 bits per heavy atom. The molecule has 8 nitrogen and oxygen atoms in total. The summed E-state index contributed by atoms with van der Waals surface area (Å²) in [5.74, 6) is -2.57. The highest BCUT2D eigenvalue weighted by molar-refractivity contribution is 6.44. The maximum Gasteiger partial charge on any atom is 0.335 e. The number of nitrogens with one attached hydrogen (secondary N) is 1. The van der Waals surface area contributed by atoms with Gasteiger partial charge in [-0.05, 0) is 31.2 Å². The van der Waals surface area contributed by atoms with Crippen LogP contribution in [0.1, 0.15) is 25.3 Å². The van der Waals surface area contributed by atoms with Crippen LogP contribution in [0.15, 0.2) is 30.3 Å². The molecule has 1 aromatic carbocycles. The van der Waals surface area contributed by atoms with Crippen LogP contribution in [-0.4, -0.2) is 45.6 Å². The van der Waals surface area contributed by atoms with E-state index in [-0.39, 0.29) is 12.5 Å². The Kier molecular flexibility index (Phi) is 4.47. The topological polar surface area (TPSA) is 111 Å². The van der Waals surface area contributed by atoms with Crippen LogP contribution in [-0.2, 0) is 20.9 Å². The number of hydrogen-bond donors (Lipinski definition) is 1. The lowest BCUT2D eigenvalue weighted by Gasteiger charge is -2.24. The fourth-order valence-corrected chi connectivity index (χ4v) is 2.95. The molecular weight excluding hydrogens is 336 g/mol. The molecule has 1 aliphatic carbocycles. The average Bonchev–Trinajstić information content (AvgIpc) is 3.46. The van der Waals surface area contributed by atoms with E-state index in [1.165, 1.54) is 0 Å². The number of hydrogen-bond acceptors (Lipinski definition) is 5. The highest BCUT2D eigenvalue weighted by Gasteiger charge is 2.47. The maximum atomic E-state index is 12.4. The lowest BCUT2D eigenvalue weighted by Crippen LogP contribution is -2.51. The zero-order chi connectivity index (χ0) is 18.9. The Labute approximate surface area is 150 Å². The van der Waals surface area contributed by atoms with Gasteiger partial charge in [0.05, 0.1) is 12.6 Å². The number of amides is 5. The van der Waals surface area contributed by atoms with Gasteiger partial charge in [0.15, 0.2) is 0 Å². The van der Waals surface area contributed by atoms with Crippen molar-refractivity contribution in [2.45, 2.75) is 31.8 Å². The normalized spacial score (nSPS) is 19.3. The lowest BCUT2D eigenvalue weighted by molar-refractivity contribution is -0.144. The molecule has 0 radical (unpaired) electrons. The van der Waals surface area contributed by atoms with Gasteiger partial charge < -0.3 is 5.32 Å². The Morgan fingerprint density at radius 2 is 1.81 bits per heavy atom. The van der Waals surface area contributed by atoms with Crippen LogP contribution in [0.5, 0.6) is 0 Å². The fraction of sp³-hybridized carbons (Fsp3) is 0.389. The third kappa shape index (κ3) is 3.28. The Morgan fingerprint density at radius 3 is 2.38 bits per heavy atom. The van der Waals surface area contributed by atoms with Crippen molar-refractivity contribution >= 4 is 23.8 Å².